The summed E-state index contributed by atoms with van der Waals surface area (Å²) in [5, 5.41) is 13.6. The Labute approximate surface area is 150 Å². The molecule has 0 saturated heterocycles. The van der Waals surface area contributed by atoms with Crippen LogP contribution in [0, 0.1) is 6.92 Å². The molecule has 2 aromatic heterocycles. The van der Waals surface area contributed by atoms with Gasteiger partial charge in [0.15, 0.2) is 0 Å². The molecule has 3 rings (SSSR count). The Morgan fingerprint density at radius 1 is 1.19 bits per heavy atom. The minimum absolute atomic E-state index is 0.127. The van der Waals surface area contributed by atoms with E-state index in [-0.39, 0.29) is 18.4 Å². The van der Waals surface area contributed by atoms with Crippen LogP contribution < -0.4 is 10.6 Å². The molecule has 0 fully saturated rings. The molecule has 134 valence electrons. The summed E-state index contributed by atoms with van der Waals surface area (Å²) in [4.78, 5) is 24.1. The summed E-state index contributed by atoms with van der Waals surface area (Å²) in [5.74, 6) is -0.682. The van der Waals surface area contributed by atoms with E-state index >= 15 is 0 Å². The van der Waals surface area contributed by atoms with Crippen LogP contribution >= 0.6 is 0 Å². The molecule has 3 aromatic rings. The first-order chi connectivity index (χ1) is 12.5. The van der Waals surface area contributed by atoms with Crippen LogP contribution in [0.3, 0.4) is 0 Å². The van der Waals surface area contributed by atoms with Gasteiger partial charge in [-0.1, -0.05) is 12.1 Å². The third-order valence-corrected chi connectivity index (χ3v) is 3.87. The molecule has 26 heavy (non-hydrogen) atoms. The molecular weight excluding hydrogens is 332 g/mol. The molecule has 0 bridgehead atoms. The molecule has 0 radical (unpaired) electrons. The van der Waals surface area contributed by atoms with Crippen molar-refractivity contribution in [3.63, 3.8) is 0 Å². The lowest BCUT2D eigenvalue weighted by atomic mass is 10.2. The molecule has 0 spiro atoms. The fraction of sp³-hybridized carbons (Fsp3) is 0.222. The number of nitrogens with one attached hydrogen (secondary N) is 2. The van der Waals surface area contributed by atoms with Crippen LogP contribution in [0.5, 0.6) is 0 Å². The van der Waals surface area contributed by atoms with Crippen LogP contribution in [0.4, 0.5) is 5.69 Å². The van der Waals surface area contributed by atoms with Gasteiger partial charge in [0.25, 0.3) is 5.91 Å². The molecule has 8 heteroatoms. The number of carbonyl (C=O) groups excluding carboxylic acids is 2. The van der Waals surface area contributed by atoms with Gasteiger partial charge in [-0.3, -0.25) is 19.0 Å². The van der Waals surface area contributed by atoms with Gasteiger partial charge in [0.2, 0.25) is 5.91 Å². The van der Waals surface area contributed by atoms with Crippen molar-refractivity contribution in [1.29, 1.82) is 0 Å². The lowest BCUT2D eigenvalue weighted by Gasteiger charge is -2.08. The number of anilines is 1. The summed E-state index contributed by atoms with van der Waals surface area (Å²) in [7, 11) is 1.76. The van der Waals surface area contributed by atoms with Crippen molar-refractivity contribution in [2.75, 3.05) is 11.9 Å². The summed E-state index contributed by atoms with van der Waals surface area (Å²) in [6.45, 7) is 2.34. The van der Waals surface area contributed by atoms with E-state index in [4.69, 9.17) is 0 Å². The van der Waals surface area contributed by atoms with Crippen molar-refractivity contribution in [3.05, 3.63) is 65.7 Å². The number of amides is 2. The maximum Gasteiger partial charge on any atom is 0.272 e. The first-order valence-corrected chi connectivity index (χ1v) is 8.16. The van der Waals surface area contributed by atoms with E-state index < -0.39 is 0 Å². The lowest BCUT2D eigenvalue weighted by Crippen LogP contribution is -2.33. The van der Waals surface area contributed by atoms with E-state index in [9.17, 15) is 9.59 Å². The maximum absolute atomic E-state index is 12.1. The van der Waals surface area contributed by atoms with Gasteiger partial charge in [-0.15, -0.1) is 0 Å². The van der Waals surface area contributed by atoms with Crippen LogP contribution in [0.1, 0.15) is 21.7 Å². The molecule has 2 N–H and O–H groups in total. The minimum atomic E-state index is -0.378. The molecule has 2 heterocycles. The first kappa shape index (κ1) is 17.4. The predicted molar refractivity (Wildman–Crippen MR) is 96.7 cm³/mol. The van der Waals surface area contributed by atoms with E-state index in [1.54, 1.807) is 34.7 Å². The van der Waals surface area contributed by atoms with Crippen LogP contribution in [0.2, 0.25) is 0 Å². The second kappa shape index (κ2) is 7.64. The molecule has 2 amide bonds. The highest BCUT2D eigenvalue weighted by molar-refractivity contribution is 5.98. The summed E-state index contributed by atoms with van der Waals surface area (Å²) in [6.07, 6.45) is 3.59. The van der Waals surface area contributed by atoms with Gasteiger partial charge < -0.3 is 10.6 Å². The normalized spacial score (nSPS) is 10.5. The van der Waals surface area contributed by atoms with Gasteiger partial charge in [-0.25, -0.2) is 0 Å². The highest BCUT2D eigenvalue weighted by Crippen LogP contribution is 2.11. The molecule has 0 aliphatic rings. The molecule has 0 aliphatic carbocycles. The number of nitrogens with zero attached hydrogens (tertiary/aromatic N) is 4. The zero-order valence-electron chi connectivity index (χ0n) is 14.6. The maximum atomic E-state index is 12.1. The quantitative estimate of drug-likeness (QED) is 0.700. The number of carbonyl (C=O) groups is 2. The van der Waals surface area contributed by atoms with Crippen LogP contribution in [-0.4, -0.2) is 37.9 Å². The van der Waals surface area contributed by atoms with E-state index in [1.165, 1.54) is 0 Å². The van der Waals surface area contributed by atoms with Gasteiger partial charge in [-0.05, 0) is 36.8 Å². The molecule has 0 saturated carbocycles. The van der Waals surface area contributed by atoms with E-state index in [0.717, 1.165) is 11.3 Å². The Hall–Kier alpha value is -3.42. The number of benzene rings is 1. The summed E-state index contributed by atoms with van der Waals surface area (Å²) < 4.78 is 3.41. The second-order valence-electron chi connectivity index (χ2n) is 5.93. The van der Waals surface area contributed by atoms with Gasteiger partial charge in [-0.2, -0.15) is 10.2 Å². The van der Waals surface area contributed by atoms with Crippen molar-refractivity contribution >= 4 is 17.5 Å². The van der Waals surface area contributed by atoms with Crippen molar-refractivity contribution in [3.8, 4) is 0 Å². The van der Waals surface area contributed by atoms with Crippen LogP contribution in [-0.2, 0) is 18.4 Å². The van der Waals surface area contributed by atoms with Gasteiger partial charge in [0, 0.05) is 30.8 Å². The van der Waals surface area contributed by atoms with Crippen LogP contribution in [0.15, 0.2) is 48.8 Å². The summed E-state index contributed by atoms with van der Waals surface area (Å²) >= 11 is 0. The highest BCUT2D eigenvalue weighted by atomic mass is 16.2. The Bertz CT molecular complexity index is 894. The average molecular weight is 352 g/mol. The minimum Gasteiger partial charge on any atom is -0.342 e. The zero-order chi connectivity index (χ0) is 18.5. The SMILES string of the molecule is Cc1cc(C(=O)NCC(=O)Nc2cccc(Cn3cccn3)c2)nn1C. The average Bonchev–Trinajstić information content (AvgIpc) is 3.23. The standard InChI is InChI=1S/C18H20N6O2/c1-13-9-16(22-23(13)2)18(26)19-11-17(25)21-15-6-3-5-14(10-15)12-24-8-4-7-20-24/h3-10H,11-12H2,1-2H3,(H,19,26)(H,21,25). The lowest BCUT2D eigenvalue weighted by molar-refractivity contribution is -0.115. The van der Waals surface area contributed by atoms with Gasteiger partial charge >= 0.3 is 0 Å². The van der Waals surface area contributed by atoms with Crippen molar-refractivity contribution in [2.45, 2.75) is 13.5 Å². The summed E-state index contributed by atoms with van der Waals surface area (Å²) in [5.41, 5.74) is 2.84. The van der Waals surface area contributed by atoms with Crippen molar-refractivity contribution < 1.29 is 9.59 Å². The number of aromatic nitrogens is 4. The Kier molecular flexibility index (Phi) is 5.12. The topological polar surface area (TPSA) is 93.8 Å². The molecule has 1 aromatic carbocycles. The molecule has 8 nitrogen and oxygen atoms in total. The van der Waals surface area contributed by atoms with Crippen molar-refractivity contribution in [2.24, 2.45) is 7.05 Å². The van der Waals surface area contributed by atoms with E-state index in [2.05, 4.69) is 20.8 Å². The molecule has 0 unspecified atom stereocenters. The van der Waals surface area contributed by atoms with Gasteiger partial charge in [0.05, 0.1) is 13.1 Å². The Balaban J connectivity index is 1.54. The van der Waals surface area contributed by atoms with Gasteiger partial charge in [0.1, 0.15) is 5.69 Å². The molecular formula is C18H20N6O2. The van der Waals surface area contributed by atoms with Crippen molar-refractivity contribution in [1.82, 2.24) is 24.9 Å². The van der Waals surface area contributed by atoms with E-state index in [0.29, 0.717) is 17.9 Å². The smallest absolute Gasteiger partial charge is 0.272 e. The fourth-order valence-electron chi connectivity index (χ4n) is 2.46. The summed E-state index contributed by atoms with van der Waals surface area (Å²) in [6, 6.07) is 11.0. The number of aryl methyl sites for hydroxylation is 2. The monoisotopic (exact) mass is 352 g/mol. The Morgan fingerprint density at radius 2 is 2.04 bits per heavy atom. The Morgan fingerprint density at radius 3 is 2.73 bits per heavy atom. The first-order valence-electron chi connectivity index (χ1n) is 8.16. The zero-order valence-corrected chi connectivity index (χ0v) is 14.6. The van der Waals surface area contributed by atoms with E-state index in [1.807, 2.05) is 37.4 Å². The molecule has 0 aliphatic heterocycles. The third-order valence-electron chi connectivity index (χ3n) is 3.87. The largest absolute Gasteiger partial charge is 0.342 e. The number of rotatable bonds is 6. The highest BCUT2D eigenvalue weighted by Gasteiger charge is 2.12. The fourth-order valence-corrected chi connectivity index (χ4v) is 2.46. The number of hydrogen-bond donors (Lipinski definition) is 2. The molecule has 0 atom stereocenters. The number of hydrogen-bond acceptors (Lipinski definition) is 4. The predicted octanol–water partition coefficient (Wildman–Crippen LogP) is 1.34. The van der Waals surface area contributed by atoms with Crippen LogP contribution in [0.25, 0.3) is 0 Å². The third kappa shape index (κ3) is 4.35. The second-order valence-corrected chi connectivity index (χ2v) is 5.93.